The number of thiazole rings is 1. The lowest BCUT2D eigenvalue weighted by Gasteiger charge is -2.32. The van der Waals surface area contributed by atoms with Crippen LogP contribution in [0.5, 0.6) is 0 Å². The number of nitrogens with zero attached hydrogens (tertiary/aromatic N) is 3. The number of carbonyl (C=O) groups is 1. The molecule has 0 spiro atoms. The van der Waals surface area contributed by atoms with Crippen LogP contribution in [0, 0.1) is 13.8 Å². The van der Waals surface area contributed by atoms with Crippen LogP contribution in [0.1, 0.15) is 40.8 Å². The molecule has 21 heavy (non-hydrogen) atoms. The van der Waals surface area contributed by atoms with Gasteiger partial charge in [0.15, 0.2) is 0 Å². The third-order valence-electron chi connectivity index (χ3n) is 3.92. The van der Waals surface area contributed by atoms with Gasteiger partial charge in [-0.1, -0.05) is 0 Å². The molecule has 2 aromatic rings. The quantitative estimate of drug-likeness (QED) is 0.947. The van der Waals surface area contributed by atoms with E-state index >= 15 is 0 Å². The van der Waals surface area contributed by atoms with Crippen molar-refractivity contribution in [1.29, 1.82) is 0 Å². The fourth-order valence-corrected chi connectivity index (χ4v) is 3.46. The first-order chi connectivity index (χ1) is 10.1. The van der Waals surface area contributed by atoms with E-state index in [2.05, 4.69) is 21.2 Å². The molecule has 3 rings (SSSR count). The maximum atomic E-state index is 12.4. The topological polar surface area (TPSA) is 61.9 Å². The van der Waals surface area contributed by atoms with Gasteiger partial charge in [-0.3, -0.25) is 9.89 Å². The molecule has 1 aliphatic heterocycles. The molecule has 1 saturated heterocycles. The molecule has 0 aromatic carbocycles. The molecule has 5 nitrogen and oxygen atoms in total. The van der Waals surface area contributed by atoms with Crippen LogP contribution >= 0.6 is 11.3 Å². The highest BCUT2D eigenvalue weighted by Gasteiger charge is 2.26. The van der Waals surface area contributed by atoms with E-state index in [-0.39, 0.29) is 5.91 Å². The molecule has 1 N–H and O–H groups in total. The largest absolute Gasteiger partial charge is 0.342 e. The second-order valence-electron chi connectivity index (χ2n) is 5.69. The summed E-state index contributed by atoms with van der Waals surface area (Å²) in [4.78, 5) is 18.8. The Kier molecular flexibility index (Phi) is 4.05. The van der Waals surface area contributed by atoms with E-state index in [9.17, 15) is 4.79 Å². The van der Waals surface area contributed by atoms with Gasteiger partial charge in [-0.25, -0.2) is 4.98 Å². The van der Waals surface area contributed by atoms with Crippen LogP contribution in [0.3, 0.4) is 0 Å². The number of hydrogen-bond acceptors (Lipinski definition) is 4. The normalized spacial score (nSPS) is 19.0. The number of aromatic amines is 1. The molecule has 0 saturated carbocycles. The van der Waals surface area contributed by atoms with Gasteiger partial charge in [-0.05, 0) is 32.8 Å². The number of hydrogen-bond donors (Lipinski definition) is 1. The Morgan fingerprint density at radius 1 is 1.52 bits per heavy atom. The van der Waals surface area contributed by atoms with Gasteiger partial charge in [0, 0.05) is 30.1 Å². The average molecular weight is 304 g/mol. The monoisotopic (exact) mass is 304 g/mol. The molecule has 1 unspecified atom stereocenters. The summed E-state index contributed by atoms with van der Waals surface area (Å²) in [7, 11) is 0. The Morgan fingerprint density at radius 3 is 3.05 bits per heavy atom. The lowest BCUT2D eigenvalue weighted by molar-refractivity contribution is -0.131. The lowest BCUT2D eigenvalue weighted by atomic mass is 9.94. The molecule has 1 fully saturated rings. The van der Waals surface area contributed by atoms with Crippen LogP contribution in [0.4, 0.5) is 0 Å². The SMILES string of the molecule is Cc1cc(C2CCCN(C(=O)Cc3csc(C)n3)C2)n[nH]1. The first-order valence-electron chi connectivity index (χ1n) is 7.32. The number of rotatable bonds is 3. The number of carbonyl (C=O) groups excluding carboxylic acids is 1. The van der Waals surface area contributed by atoms with Crippen molar-refractivity contribution in [2.75, 3.05) is 13.1 Å². The predicted octanol–water partition coefficient (Wildman–Crippen LogP) is 2.43. The van der Waals surface area contributed by atoms with Gasteiger partial charge in [-0.2, -0.15) is 5.10 Å². The number of nitrogens with one attached hydrogen (secondary N) is 1. The smallest absolute Gasteiger partial charge is 0.228 e. The Labute approximate surface area is 128 Å². The van der Waals surface area contributed by atoms with E-state index in [0.717, 1.165) is 48.0 Å². The minimum absolute atomic E-state index is 0.178. The minimum atomic E-state index is 0.178. The maximum absolute atomic E-state index is 12.4. The summed E-state index contributed by atoms with van der Waals surface area (Å²) in [5.74, 6) is 0.530. The number of H-pyrrole nitrogens is 1. The Morgan fingerprint density at radius 2 is 2.38 bits per heavy atom. The summed E-state index contributed by atoms with van der Waals surface area (Å²) in [5.41, 5.74) is 3.04. The Hall–Kier alpha value is -1.69. The van der Waals surface area contributed by atoms with Gasteiger partial charge < -0.3 is 4.90 Å². The second kappa shape index (κ2) is 5.97. The van der Waals surface area contributed by atoms with Gasteiger partial charge in [0.2, 0.25) is 5.91 Å². The van der Waals surface area contributed by atoms with Crippen molar-refractivity contribution < 1.29 is 4.79 Å². The van der Waals surface area contributed by atoms with E-state index < -0.39 is 0 Å². The molecule has 1 atom stereocenters. The zero-order chi connectivity index (χ0) is 14.8. The summed E-state index contributed by atoms with van der Waals surface area (Å²) in [6.45, 7) is 5.59. The number of aromatic nitrogens is 3. The zero-order valence-corrected chi connectivity index (χ0v) is 13.2. The zero-order valence-electron chi connectivity index (χ0n) is 12.4. The molecular formula is C15H20N4OS. The maximum Gasteiger partial charge on any atom is 0.228 e. The predicted molar refractivity (Wildman–Crippen MR) is 82.4 cm³/mol. The van der Waals surface area contributed by atoms with E-state index in [4.69, 9.17) is 0 Å². The first-order valence-corrected chi connectivity index (χ1v) is 8.20. The van der Waals surface area contributed by atoms with Crippen LogP contribution in [0.2, 0.25) is 0 Å². The fraction of sp³-hybridized carbons (Fsp3) is 0.533. The second-order valence-corrected chi connectivity index (χ2v) is 6.75. The standard InChI is InChI=1S/C15H20N4OS/c1-10-6-14(18-17-10)12-4-3-5-19(8-12)15(20)7-13-9-21-11(2)16-13/h6,9,12H,3-5,7-8H2,1-2H3,(H,17,18). The lowest BCUT2D eigenvalue weighted by Crippen LogP contribution is -2.40. The minimum Gasteiger partial charge on any atom is -0.342 e. The van der Waals surface area contributed by atoms with Crippen LogP contribution in [-0.2, 0) is 11.2 Å². The van der Waals surface area contributed by atoms with Crippen molar-refractivity contribution in [3.63, 3.8) is 0 Å². The molecule has 112 valence electrons. The summed E-state index contributed by atoms with van der Waals surface area (Å²) >= 11 is 1.60. The van der Waals surface area contributed by atoms with Crippen molar-refractivity contribution in [1.82, 2.24) is 20.1 Å². The Balaban J connectivity index is 1.64. The highest BCUT2D eigenvalue weighted by molar-refractivity contribution is 7.09. The van der Waals surface area contributed by atoms with Crippen molar-refractivity contribution >= 4 is 17.2 Å². The molecule has 1 amide bonds. The van der Waals surface area contributed by atoms with Gasteiger partial charge in [0.25, 0.3) is 0 Å². The number of aryl methyl sites for hydroxylation is 2. The summed E-state index contributed by atoms with van der Waals surface area (Å²) in [5, 5.41) is 10.3. The third kappa shape index (κ3) is 3.32. The van der Waals surface area contributed by atoms with Crippen molar-refractivity contribution in [3.8, 4) is 0 Å². The van der Waals surface area contributed by atoms with Crippen molar-refractivity contribution in [2.24, 2.45) is 0 Å². The number of amides is 1. The van der Waals surface area contributed by atoms with Gasteiger partial charge in [0.1, 0.15) is 0 Å². The van der Waals surface area contributed by atoms with Gasteiger partial charge in [0.05, 0.1) is 22.8 Å². The summed E-state index contributed by atoms with van der Waals surface area (Å²) in [6.07, 6.45) is 2.55. The van der Waals surface area contributed by atoms with E-state index in [0.29, 0.717) is 12.3 Å². The molecule has 1 aliphatic rings. The summed E-state index contributed by atoms with van der Waals surface area (Å²) < 4.78 is 0. The first kappa shape index (κ1) is 14.3. The van der Waals surface area contributed by atoms with E-state index in [1.807, 2.05) is 24.1 Å². The molecule has 6 heteroatoms. The van der Waals surface area contributed by atoms with E-state index in [1.165, 1.54) is 0 Å². The average Bonchev–Trinajstić information content (AvgIpc) is 3.08. The van der Waals surface area contributed by atoms with Gasteiger partial charge in [-0.15, -0.1) is 11.3 Å². The molecule has 3 heterocycles. The van der Waals surface area contributed by atoms with Crippen molar-refractivity contribution in [2.45, 2.75) is 39.0 Å². The highest BCUT2D eigenvalue weighted by atomic mass is 32.1. The fourth-order valence-electron chi connectivity index (χ4n) is 2.85. The molecule has 0 aliphatic carbocycles. The van der Waals surface area contributed by atoms with Crippen LogP contribution in [0.25, 0.3) is 0 Å². The molecule has 0 bridgehead atoms. The van der Waals surface area contributed by atoms with E-state index in [1.54, 1.807) is 11.3 Å². The van der Waals surface area contributed by atoms with Crippen LogP contribution in [-0.4, -0.2) is 39.1 Å². The van der Waals surface area contributed by atoms with Crippen molar-refractivity contribution in [3.05, 3.63) is 33.5 Å². The molecule has 2 aromatic heterocycles. The number of piperidine rings is 1. The van der Waals surface area contributed by atoms with Gasteiger partial charge >= 0.3 is 0 Å². The number of likely N-dealkylation sites (tertiary alicyclic amines) is 1. The molecule has 0 radical (unpaired) electrons. The Bertz CT molecular complexity index is 633. The highest BCUT2D eigenvalue weighted by Crippen LogP contribution is 2.26. The summed E-state index contributed by atoms with van der Waals surface area (Å²) in [6, 6.07) is 2.09. The molecular weight excluding hydrogens is 284 g/mol. The third-order valence-corrected chi connectivity index (χ3v) is 4.74. The van der Waals surface area contributed by atoms with Crippen LogP contribution < -0.4 is 0 Å². The van der Waals surface area contributed by atoms with Crippen LogP contribution in [0.15, 0.2) is 11.4 Å².